The first-order chi connectivity index (χ1) is 45.1. The van der Waals surface area contributed by atoms with Crippen LogP contribution in [0.25, 0.3) is 0 Å². The number of nitrogens with two attached hydrogens (primary N) is 2. The molecule has 0 aliphatic rings. The minimum atomic E-state index is -0.733. The van der Waals surface area contributed by atoms with E-state index in [1.54, 1.807) is 4.90 Å². The number of benzene rings is 8. The summed E-state index contributed by atoms with van der Waals surface area (Å²) in [4.78, 5) is 84.4. The summed E-state index contributed by atoms with van der Waals surface area (Å²) < 4.78 is 0. The van der Waals surface area contributed by atoms with E-state index in [4.69, 9.17) is 11.5 Å². The standard InChI is InChI=1S/C42H52N6O4.C36H40N2O2/c43-23-13-25-47(41(51)29-45-27-37(33-15-5-1-6-16-33)34-17-7-2-8-18-34)31-39(49)40(50)32-48(26-14-24-44)42(52)30-46-28-38(35-19-9-3-10-20-35)36-21-11-4-12-22-36;1-2-3-24-33(39)27-38(28-35(31-20-12-6-13-21-31)32-22-14-7-15-23-32)36(40)26-37-25-34(29-16-8-4-9-17-29)30-18-10-5-11-19-30/h1-12,15-22,37-38,45-46H,13-14,23-32,43-44H2;4-23,34-35,37H,2-3,24-28H2,1H3. The molecule has 0 fully saturated rings. The van der Waals surface area contributed by atoms with Crippen LogP contribution in [0.5, 0.6) is 0 Å². The lowest BCUT2D eigenvalue weighted by Gasteiger charge is -2.29. The lowest BCUT2D eigenvalue weighted by atomic mass is 9.90. The maximum atomic E-state index is 13.7. The Morgan fingerprint density at radius 3 is 0.837 bits per heavy atom. The highest BCUT2D eigenvalue weighted by Crippen LogP contribution is 2.28. The Morgan fingerprint density at radius 2 is 0.587 bits per heavy atom. The Balaban J connectivity index is 0.000000270. The second kappa shape index (κ2) is 40.0. The molecule has 0 bridgehead atoms. The van der Waals surface area contributed by atoms with Gasteiger partial charge in [-0.25, -0.2) is 0 Å². The third kappa shape index (κ3) is 23.3. The number of ketones is 3. The van der Waals surface area contributed by atoms with Crippen molar-refractivity contribution in [1.29, 1.82) is 0 Å². The second-order valence-electron chi connectivity index (χ2n) is 23.1. The molecule has 480 valence electrons. The Labute approximate surface area is 544 Å². The number of hydrogen-bond acceptors (Lipinski definition) is 11. The van der Waals surface area contributed by atoms with Crippen molar-refractivity contribution in [2.24, 2.45) is 11.5 Å². The summed E-state index contributed by atoms with van der Waals surface area (Å²) >= 11 is 0. The third-order valence-electron chi connectivity index (χ3n) is 16.4. The van der Waals surface area contributed by atoms with Crippen molar-refractivity contribution in [3.8, 4) is 0 Å². The summed E-state index contributed by atoms with van der Waals surface area (Å²) in [7, 11) is 0. The summed E-state index contributed by atoms with van der Waals surface area (Å²) in [6.07, 6.45) is 3.25. The van der Waals surface area contributed by atoms with Gasteiger partial charge in [0.25, 0.3) is 0 Å². The summed E-state index contributed by atoms with van der Waals surface area (Å²) in [5.41, 5.74) is 20.6. The molecular weight excluding hydrogens is 1140 g/mol. The normalized spacial score (nSPS) is 11.1. The summed E-state index contributed by atoms with van der Waals surface area (Å²) in [5.74, 6) is -1.88. The van der Waals surface area contributed by atoms with E-state index in [1.165, 1.54) is 20.9 Å². The zero-order chi connectivity index (χ0) is 65.0. The Morgan fingerprint density at radius 1 is 0.337 bits per heavy atom. The van der Waals surface area contributed by atoms with Crippen LogP contribution in [0.15, 0.2) is 243 Å². The van der Waals surface area contributed by atoms with Gasteiger partial charge >= 0.3 is 0 Å². The van der Waals surface area contributed by atoms with Crippen LogP contribution < -0.4 is 27.4 Å². The maximum absolute atomic E-state index is 13.7. The van der Waals surface area contributed by atoms with Crippen LogP contribution in [-0.2, 0) is 28.8 Å². The zero-order valence-corrected chi connectivity index (χ0v) is 53.3. The molecule has 0 aliphatic carbocycles. The number of hydrogen-bond donors (Lipinski definition) is 5. The smallest absolute Gasteiger partial charge is 0.236 e. The van der Waals surface area contributed by atoms with E-state index in [-0.39, 0.29) is 99.5 Å². The highest BCUT2D eigenvalue weighted by Gasteiger charge is 2.28. The predicted molar refractivity (Wildman–Crippen MR) is 369 cm³/mol. The molecule has 7 N–H and O–H groups in total. The molecule has 0 heterocycles. The van der Waals surface area contributed by atoms with E-state index < -0.39 is 11.6 Å². The zero-order valence-electron chi connectivity index (χ0n) is 53.3. The monoisotopic (exact) mass is 1240 g/mol. The minimum Gasteiger partial charge on any atom is -0.334 e. The van der Waals surface area contributed by atoms with Crippen LogP contribution in [-0.4, -0.2) is 141 Å². The molecule has 0 aromatic heterocycles. The topological polar surface area (TPSA) is 200 Å². The molecule has 0 unspecified atom stereocenters. The van der Waals surface area contributed by atoms with Crippen molar-refractivity contribution in [1.82, 2.24) is 30.7 Å². The first-order valence-electron chi connectivity index (χ1n) is 32.4. The molecule has 14 nitrogen and oxygen atoms in total. The lowest BCUT2D eigenvalue weighted by Crippen LogP contribution is -2.47. The van der Waals surface area contributed by atoms with Crippen LogP contribution in [0, 0.1) is 0 Å². The van der Waals surface area contributed by atoms with Gasteiger partial charge in [-0.1, -0.05) is 256 Å². The van der Waals surface area contributed by atoms with E-state index in [0.29, 0.717) is 58.5 Å². The Hall–Kier alpha value is -9.02. The fourth-order valence-electron chi connectivity index (χ4n) is 11.3. The number of nitrogens with one attached hydrogen (secondary N) is 3. The number of unbranched alkanes of at least 4 members (excludes halogenated alkanes) is 1. The first kappa shape index (κ1) is 70.4. The van der Waals surface area contributed by atoms with E-state index in [9.17, 15) is 28.8 Å². The average molecular weight is 1240 g/mol. The summed E-state index contributed by atoms with van der Waals surface area (Å²) in [5, 5.41) is 9.97. The highest BCUT2D eigenvalue weighted by molar-refractivity contribution is 6.39. The molecule has 0 saturated heterocycles. The Kier molecular flexibility index (Phi) is 30.6. The first-order valence-corrected chi connectivity index (χ1v) is 32.4. The largest absolute Gasteiger partial charge is 0.334 e. The molecule has 92 heavy (non-hydrogen) atoms. The SMILES string of the molecule is CCCCC(=O)CN(CC(c1ccccc1)c1ccccc1)C(=O)CNCC(c1ccccc1)c1ccccc1.NCCCN(CC(=O)C(=O)CN(CCCN)C(=O)CNCC(c1ccccc1)c1ccccc1)C(=O)CNCC(c1ccccc1)c1ccccc1. The number of amides is 3. The number of carbonyl (C=O) groups excluding carboxylic acids is 6. The van der Waals surface area contributed by atoms with E-state index in [0.717, 1.165) is 46.2 Å². The molecular formula is C78H92N8O6. The number of carbonyl (C=O) groups is 6. The highest BCUT2D eigenvalue weighted by atomic mass is 16.2. The van der Waals surface area contributed by atoms with Crippen molar-refractivity contribution >= 4 is 35.1 Å². The maximum Gasteiger partial charge on any atom is 0.236 e. The van der Waals surface area contributed by atoms with Gasteiger partial charge in [-0.2, -0.15) is 0 Å². The van der Waals surface area contributed by atoms with Crippen molar-refractivity contribution in [3.63, 3.8) is 0 Å². The number of rotatable bonds is 38. The molecule has 3 amide bonds. The van der Waals surface area contributed by atoms with Crippen molar-refractivity contribution in [2.45, 2.75) is 62.7 Å². The molecule has 0 saturated carbocycles. The van der Waals surface area contributed by atoms with Gasteiger partial charge in [0.1, 0.15) is 0 Å². The van der Waals surface area contributed by atoms with Gasteiger partial charge in [0, 0.05) is 69.4 Å². The van der Waals surface area contributed by atoms with Crippen LogP contribution in [0.1, 0.15) is 107 Å². The molecule has 8 aromatic rings. The van der Waals surface area contributed by atoms with Gasteiger partial charge in [-0.3, -0.25) is 28.8 Å². The van der Waals surface area contributed by atoms with E-state index in [1.807, 2.05) is 146 Å². The summed E-state index contributed by atoms with van der Waals surface area (Å²) in [6.45, 7) is 4.81. The fraction of sp³-hybridized carbons (Fsp3) is 0.308. The van der Waals surface area contributed by atoms with E-state index >= 15 is 0 Å². The predicted octanol–water partition coefficient (Wildman–Crippen LogP) is 10.2. The van der Waals surface area contributed by atoms with Crippen LogP contribution in [0.3, 0.4) is 0 Å². The molecule has 0 spiro atoms. The van der Waals surface area contributed by atoms with Gasteiger partial charge < -0.3 is 42.1 Å². The van der Waals surface area contributed by atoms with Gasteiger partial charge in [0.05, 0.1) is 39.3 Å². The van der Waals surface area contributed by atoms with Crippen LogP contribution >= 0.6 is 0 Å². The molecule has 8 rings (SSSR count). The molecule has 0 atom stereocenters. The van der Waals surface area contributed by atoms with Crippen molar-refractivity contribution in [3.05, 3.63) is 287 Å². The van der Waals surface area contributed by atoms with Crippen molar-refractivity contribution in [2.75, 3.05) is 91.6 Å². The van der Waals surface area contributed by atoms with Gasteiger partial charge in [-0.15, -0.1) is 0 Å². The Bertz CT molecular complexity index is 3120. The van der Waals surface area contributed by atoms with Gasteiger partial charge in [0.2, 0.25) is 29.3 Å². The lowest BCUT2D eigenvalue weighted by molar-refractivity contribution is -0.143. The molecule has 0 radical (unpaired) electrons. The van der Waals surface area contributed by atoms with Gasteiger partial charge in [-0.05, 0) is 76.9 Å². The van der Waals surface area contributed by atoms with Crippen LogP contribution in [0.4, 0.5) is 0 Å². The van der Waals surface area contributed by atoms with Crippen molar-refractivity contribution < 1.29 is 28.8 Å². The molecule has 8 aromatic carbocycles. The van der Waals surface area contributed by atoms with Gasteiger partial charge in [0.15, 0.2) is 5.78 Å². The second-order valence-corrected chi connectivity index (χ2v) is 23.1. The fourth-order valence-corrected chi connectivity index (χ4v) is 11.3. The molecule has 14 heteroatoms. The average Bonchev–Trinajstić information content (AvgIpc) is 1.93. The van der Waals surface area contributed by atoms with E-state index in [2.05, 4.69) is 120 Å². The minimum absolute atomic E-state index is 0.0120. The number of Topliss-reactive ketones (excluding diaryl/α,β-unsaturated/α-hetero) is 3. The quantitative estimate of drug-likeness (QED) is 0.0231. The third-order valence-corrected chi connectivity index (χ3v) is 16.4. The molecule has 0 aliphatic heterocycles. The summed E-state index contributed by atoms with van der Waals surface area (Å²) in [6, 6.07) is 81.5. The number of nitrogens with zero attached hydrogens (tertiary/aromatic N) is 3. The van der Waals surface area contributed by atoms with Crippen LogP contribution in [0.2, 0.25) is 0 Å².